The number of aryl methyl sites for hydroxylation is 1. The number of ether oxygens (including phenoxy) is 2. The van der Waals surface area contributed by atoms with Gasteiger partial charge in [0.1, 0.15) is 16.5 Å². The number of carboxylic acids is 1. The Bertz CT molecular complexity index is 1140. The molecule has 0 atom stereocenters. The molecule has 0 radical (unpaired) electrons. The summed E-state index contributed by atoms with van der Waals surface area (Å²) in [5.74, 6) is -0.271. The van der Waals surface area contributed by atoms with Crippen LogP contribution in [0.2, 0.25) is 0 Å². The average molecular weight is 486 g/mol. The van der Waals surface area contributed by atoms with Gasteiger partial charge in [0.2, 0.25) is 5.91 Å². The number of carbonyl (C=O) groups is 3. The monoisotopic (exact) mass is 485 g/mol. The molecule has 0 fully saturated rings. The number of carbonyl (C=O) groups excluding carboxylic acids is 2. The van der Waals surface area contributed by atoms with E-state index in [-0.39, 0.29) is 17.4 Å². The van der Waals surface area contributed by atoms with Crippen LogP contribution in [0, 0.1) is 0 Å². The number of anilines is 1. The zero-order valence-electron chi connectivity index (χ0n) is 18.1. The van der Waals surface area contributed by atoms with Crippen molar-refractivity contribution in [1.29, 1.82) is 0 Å². The van der Waals surface area contributed by atoms with Gasteiger partial charge in [-0.2, -0.15) is 0 Å². The molecule has 172 valence electrons. The van der Waals surface area contributed by atoms with Gasteiger partial charge in [0.25, 0.3) is 0 Å². The van der Waals surface area contributed by atoms with Gasteiger partial charge in [-0.1, -0.05) is 13.0 Å². The van der Waals surface area contributed by atoms with Crippen molar-refractivity contribution in [2.24, 2.45) is 0 Å². The largest absolute Gasteiger partial charge is 0.497 e. The number of thioether (sulfide) groups is 1. The third-order valence-corrected chi connectivity index (χ3v) is 6.71. The van der Waals surface area contributed by atoms with Crippen molar-refractivity contribution in [2.75, 3.05) is 24.8 Å². The lowest BCUT2D eigenvalue weighted by molar-refractivity contribution is -0.139. The first-order valence-corrected chi connectivity index (χ1v) is 11.9. The summed E-state index contributed by atoms with van der Waals surface area (Å²) in [7, 11) is 1.56. The SMILES string of the molecule is CCc1cc(C(=O)c2ccc(OC)cc2)c(NC(=O)CSc2cccc(OCC(=O)O)c2)s1. The number of thiophene rings is 1. The van der Waals surface area contributed by atoms with Crippen molar-refractivity contribution in [2.45, 2.75) is 18.2 Å². The zero-order chi connectivity index (χ0) is 23.8. The van der Waals surface area contributed by atoms with Gasteiger partial charge in [0, 0.05) is 15.3 Å². The molecular weight excluding hydrogens is 462 g/mol. The summed E-state index contributed by atoms with van der Waals surface area (Å²) in [6.45, 7) is 1.56. The maximum absolute atomic E-state index is 13.1. The van der Waals surface area contributed by atoms with Crippen LogP contribution in [0.25, 0.3) is 0 Å². The van der Waals surface area contributed by atoms with E-state index >= 15 is 0 Å². The predicted molar refractivity (Wildman–Crippen MR) is 129 cm³/mol. The summed E-state index contributed by atoms with van der Waals surface area (Å²) in [6.07, 6.45) is 0.751. The molecule has 3 aromatic rings. The van der Waals surface area contributed by atoms with Crippen molar-refractivity contribution in [3.63, 3.8) is 0 Å². The topological polar surface area (TPSA) is 102 Å². The van der Waals surface area contributed by atoms with E-state index in [1.807, 2.05) is 19.1 Å². The van der Waals surface area contributed by atoms with E-state index in [1.165, 1.54) is 23.1 Å². The van der Waals surface area contributed by atoms with Crippen molar-refractivity contribution in [3.8, 4) is 11.5 Å². The lowest BCUT2D eigenvalue weighted by Gasteiger charge is -2.08. The summed E-state index contributed by atoms with van der Waals surface area (Å²) in [6, 6.07) is 15.6. The Morgan fingerprint density at radius 3 is 2.48 bits per heavy atom. The summed E-state index contributed by atoms with van der Waals surface area (Å²) in [5, 5.41) is 12.1. The second-order valence-corrected chi connectivity index (χ2v) is 9.05. The molecule has 9 heteroatoms. The van der Waals surface area contributed by atoms with Gasteiger partial charge in [0.05, 0.1) is 18.4 Å². The Morgan fingerprint density at radius 2 is 1.82 bits per heavy atom. The van der Waals surface area contributed by atoms with Crippen LogP contribution in [0.5, 0.6) is 11.5 Å². The molecule has 3 rings (SSSR count). The highest BCUT2D eigenvalue weighted by atomic mass is 32.2. The van der Waals surface area contributed by atoms with Gasteiger partial charge >= 0.3 is 5.97 Å². The first-order valence-electron chi connectivity index (χ1n) is 10.1. The smallest absolute Gasteiger partial charge is 0.341 e. The molecular formula is C24H23NO6S2. The van der Waals surface area contributed by atoms with E-state index < -0.39 is 12.6 Å². The van der Waals surface area contributed by atoms with Crippen molar-refractivity contribution in [1.82, 2.24) is 0 Å². The quantitative estimate of drug-likeness (QED) is 0.299. The number of aliphatic carboxylic acids is 1. The fourth-order valence-electron chi connectivity index (χ4n) is 2.89. The fraction of sp³-hybridized carbons (Fsp3) is 0.208. The predicted octanol–water partition coefficient (Wildman–Crippen LogP) is 4.74. The molecule has 1 heterocycles. The Kier molecular flexibility index (Phi) is 8.51. The average Bonchev–Trinajstić information content (AvgIpc) is 3.24. The molecule has 0 aliphatic rings. The van der Waals surface area contributed by atoms with E-state index in [0.29, 0.717) is 27.6 Å². The number of nitrogens with one attached hydrogen (secondary N) is 1. The van der Waals surface area contributed by atoms with Gasteiger partial charge in [-0.3, -0.25) is 9.59 Å². The molecule has 1 amide bonds. The third kappa shape index (κ3) is 6.84. The highest BCUT2D eigenvalue weighted by Crippen LogP contribution is 2.31. The molecule has 0 saturated heterocycles. The number of carboxylic acid groups (broad SMARTS) is 1. The van der Waals surface area contributed by atoms with E-state index in [9.17, 15) is 14.4 Å². The molecule has 0 bridgehead atoms. The molecule has 7 nitrogen and oxygen atoms in total. The van der Waals surface area contributed by atoms with Crippen LogP contribution >= 0.6 is 23.1 Å². The van der Waals surface area contributed by atoms with Gasteiger partial charge < -0.3 is 19.9 Å². The minimum atomic E-state index is -1.06. The van der Waals surface area contributed by atoms with Crippen molar-refractivity contribution in [3.05, 3.63) is 70.6 Å². The van der Waals surface area contributed by atoms with Crippen LogP contribution in [-0.2, 0) is 16.0 Å². The van der Waals surface area contributed by atoms with Gasteiger partial charge in [-0.15, -0.1) is 23.1 Å². The van der Waals surface area contributed by atoms with Crippen LogP contribution in [-0.4, -0.2) is 42.2 Å². The second-order valence-electron chi connectivity index (χ2n) is 6.86. The fourth-order valence-corrected chi connectivity index (χ4v) is 4.64. The Labute approximate surface area is 199 Å². The molecule has 0 spiro atoms. The first-order chi connectivity index (χ1) is 15.9. The second kappa shape index (κ2) is 11.5. The molecule has 2 N–H and O–H groups in total. The Balaban J connectivity index is 1.67. The highest BCUT2D eigenvalue weighted by molar-refractivity contribution is 8.00. The zero-order valence-corrected chi connectivity index (χ0v) is 19.8. The van der Waals surface area contributed by atoms with Crippen molar-refractivity contribution < 1.29 is 29.0 Å². The van der Waals surface area contributed by atoms with Gasteiger partial charge in [-0.25, -0.2) is 4.79 Å². The number of methoxy groups -OCH3 is 1. The molecule has 33 heavy (non-hydrogen) atoms. The summed E-state index contributed by atoms with van der Waals surface area (Å²) >= 11 is 2.68. The molecule has 2 aromatic carbocycles. The number of hydrogen-bond donors (Lipinski definition) is 2. The number of benzene rings is 2. The van der Waals surface area contributed by atoms with Crippen LogP contribution in [0.4, 0.5) is 5.00 Å². The summed E-state index contributed by atoms with van der Waals surface area (Å²) in [4.78, 5) is 38.1. The normalized spacial score (nSPS) is 10.5. The Hall–Kier alpha value is -3.30. The van der Waals surface area contributed by atoms with Crippen LogP contribution in [0.3, 0.4) is 0 Å². The highest BCUT2D eigenvalue weighted by Gasteiger charge is 2.19. The van der Waals surface area contributed by atoms with Crippen molar-refractivity contribution >= 4 is 45.8 Å². The number of ketones is 1. The summed E-state index contributed by atoms with van der Waals surface area (Å²) < 4.78 is 10.3. The van der Waals surface area contributed by atoms with E-state index in [0.717, 1.165) is 16.2 Å². The summed E-state index contributed by atoms with van der Waals surface area (Å²) in [5.41, 5.74) is 0.976. The number of rotatable bonds is 11. The van der Waals surface area contributed by atoms with E-state index in [4.69, 9.17) is 14.6 Å². The van der Waals surface area contributed by atoms with Crippen LogP contribution in [0.15, 0.2) is 59.5 Å². The molecule has 0 unspecified atom stereocenters. The minimum Gasteiger partial charge on any atom is -0.497 e. The third-order valence-electron chi connectivity index (χ3n) is 4.52. The van der Waals surface area contributed by atoms with Gasteiger partial charge in [0.15, 0.2) is 12.4 Å². The molecule has 0 saturated carbocycles. The Morgan fingerprint density at radius 1 is 1.06 bits per heavy atom. The van der Waals surface area contributed by atoms with Crippen LogP contribution < -0.4 is 14.8 Å². The standard InChI is InChI=1S/C24H23NO6S2/c1-3-18-12-20(23(29)15-7-9-16(30-2)10-8-15)24(33-18)25-21(26)14-32-19-6-4-5-17(11-19)31-13-22(27)28/h4-12H,3,13-14H2,1-2H3,(H,25,26)(H,27,28). The number of hydrogen-bond acceptors (Lipinski definition) is 7. The molecule has 1 aromatic heterocycles. The lowest BCUT2D eigenvalue weighted by atomic mass is 10.0. The van der Waals surface area contributed by atoms with E-state index in [2.05, 4.69) is 5.32 Å². The molecule has 0 aliphatic carbocycles. The maximum atomic E-state index is 13.1. The van der Waals surface area contributed by atoms with Gasteiger partial charge in [-0.05, 0) is 55.0 Å². The minimum absolute atomic E-state index is 0.123. The number of amides is 1. The maximum Gasteiger partial charge on any atom is 0.341 e. The lowest BCUT2D eigenvalue weighted by Crippen LogP contribution is -2.15. The van der Waals surface area contributed by atoms with E-state index in [1.54, 1.807) is 49.6 Å². The van der Waals surface area contributed by atoms with Crippen LogP contribution in [0.1, 0.15) is 27.7 Å². The molecule has 0 aliphatic heterocycles. The first kappa shape index (κ1) is 24.3.